The third-order valence-corrected chi connectivity index (χ3v) is 2.72. The van der Waals surface area contributed by atoms with Crippen molar-refractivity contribution in [3.05, 3.63) is 0 Å². The molecule has 0 unspecified atom stereocenters. The van der Waals surface area contributed by atoms with E-state index in [2.05, 4.69) is 38.3 Å². The molecule has 0 aliphatic heterocycles. The molecule has 0 aliphatic carbocycles. The second-order valence-electron chi connectivity index (χ2n) is 5.46. The normalized spacial score (nSPS) is 11.6. The molecule has 0 aromatic rings. The van der Waals surface area contributed by atoms with Gasteiger partial charge in [-0.1, -0.05) is 47.0 Å². The predicted octanol–water partition coefficient (Wildman–Crippen LogP) is 3.18. The van der Waals surface area contributed by atoms with Crippen LogP contribution in [0.25, 0.3) is 0 Å². The molecule has 0 aliphatic rings. The number of unbranched alkanes of at least 4 members (excludes halogenated alkanes) is 2. The first kappa shape index (κ1) is 15.9. The van der Waals surface area contributed by atoms with E-state index in [0.29, 0.717) is 6.04 Å². The molecule has 16 heavy (non-hydrogen) atoms. The van der Waals surface area contributed by atoms with Crippen LogP contribution in [0, 0.1) is 5.92 Å². The van der Waals surface area contributed by atoms with Crippen LogP contribution >= 0.6 is 0 Å². The predicted molar refractivity (Wildman–Crippen MR) is 73.9 cm³/mol. The van der Waals surface area contributed by atoms with Gasteiger partial charge < -0.3 is 10.6 Å². The summed E-state index contributed by atoms with van der Waals surface area (Å²) in [5.74, 6) is 0.870. The van der Waals surface area contributed by atoms with Crippen molar-refractivity contribution >= 4 is 0 Å². The van der Waals surface area contributed by atoms with Gasteiger partial charge >= 0.3 is 0 Å². The summed E-state index contributed by atoms with van der Waals surface area (Å²) in [6, 6.07) is 0.621. The van der Waals surface area contributed by atoms with Gasteiger partial charge in [0.2, 0.25) is 0 Å². The van der Waals surface area contributed by atoms with Crippen LogP contribution in [0.5, 0.6) is 0 Å². The van der Waals surface area contributed by atoms with Crippen LogP contribution in [0.1, 0.15) is 59.8 Å². The highest BCUT2D eigenvalue weighted by Gasteiger charge is 1.94. The van der Waals surface area contributed by atoms with Gasteiger partial charge in [0.1, 0.15) is 0 Å². The second-order valence-corrected chi connectivity index (χ2v) is 5.46. The summed E-state index contributed by atoms with van der Waals surface area (Å²) in [6.45, 7) is 12.5. The Balaban J connectivity index is 2.93. The molecule has 0 spiro atoms. The van der Waals surface area contributed by atoms with Gasteiger partial charge in [0.05, 0.1) is 0 Å². The second kappa shape index (κ2) is 11.4. The fourth-order valence-corrected chi connectivity index (χ4v) is 1.71. The maximum Gasteiger partial charge on any atom is 0.00103 e. The third kappa shape index (κ3) is 13.9. The molecule has 98 valence electrons. The molecule has 0 saturated carbocycles. The molecule has 0 rings (SSSR count). The highest BCUT2D eigenvalue weighted by Crippen LogP contribution is 2.07. The van der Waals surface area contributed by atoms with Crippen molar-refractivity contribution in [3.63, 3.8) is 0 Å². The van der Waals surface area contributed by atoms with Crippen LogP contribution in [0.2, 0.25) is 0 Å². The van der Waals surface area contributed by atoms with E-state index >= 15 is 0 Å². The number of hydrogen-bond acceptors (Lipinski definition) is 2. The Bertz CT molecular complexity index is 117. The molecule has 0 fully saturated rings. The molecule has 0 radical (unpaired) electrons. The zero-order valence-corrected chi connectivity index (χ0v) is 11.8. The molecule has 0 atom stereocenters. The van der Waals surface area contributed by atoms with Crippen LogP contribution in [0.15, 0.2) is 0 Å². The fourth-order valence-electron chi connectivity index (χ4n) is 1.71. The minimum Gasteiger partial charge on any atom is -0.317 e. The Hall–Kier alpha value is -0.0800. The van der Waals surface area contributed by atoms with Gasteiger partial charge in [-0.15, -0.1) is 0 Å². The summed E-state index contributed by atoms with van der Waals surface area (Å²) >= 11 is 0. The van der Waals surface area contributed by atoms with Gasteiger partial charge in [0.15, 0.2) is 0 Å². The monoisotopic (exact) mass is 228 g/mol. The molecular weight excluding hydrogens is 196 g/mol. The molecule has 2 N–H and O–H groups in total. The van der Waals surface area contributed by atoms with Gasteiger partial charge in [0.25, 0.3) is 0 Å². The molecule has 0 aromatic heterocycles. The van der Waals surface area contributed by atoms with Crippen molar-refractivity contribution in [2.75, 3.05) is 19.6 Å². The summed E-state index contributed by atoms with van der Waals surface area (Å²) < 4.78 is 0. The minimum atomic E-state index is 0.621. The molecule has 0 saturated heterocycles. The van der Waals surface area contributed by atoms with Crippen LogP contribution in [-0.2, 0) is 0 Å². The number of rotatable bonds is 11. The first-order chi connectivity index (χ1) is 7.63. The maximum absolute atomic E-state index is 3.51. The molecular formula is C14H32N2. The Labute approximate surface area is 103 Å². The van der Waals surface area contributed by atoms with Crippen LogP contribution in [0.3, 0.4) is 0 Å². The Morgan fingerprint density at radius 3 is 2.06 bits per heavy atom. The fraction of sp³-hybridized carbons (Fsp3) is 1.00. The van der Waals surface area contributed by atoms with Crippen molar-refractivity contribution < 1.29 is 0 Å². The van der Waals surface area contributed by atoms with E-state index in [1.807, 2.05) is 0 Å². The molecule has 0 amide bonds. The van der Waals surface area contributed by atoms with Crippen molar-refractivity contribution in [1.29, 1.82) is 0 Å². The Morgan fingerprint density at radius 2 is 1.44 bits per heavy atom. The summed E-state index contributed by atoms with van der Waals surface area (Å²) in [4.78, 5) is 0. The van der Waals surface area contributed by atoms with Gasteiger partial charge in [-0.25, -0.2) is 0 Å². The molecule has 0 aromatic carbocycles. The quantitative estimate of drug-likeness (QED) is 0.531. The van der Waals surface area contributed by atoms with E-state index in [1.165, 1.54) is 38.6 Å². The Morgan fingerprint density at radius 1 is 0.750 bits per heavy atom. The first-order valence-corrected chi connectivity index (χ1v) is 7.07. The average molecular weight is 228 g/mol. The van der Waals surface area contributed by atoms with Gasteiger partial charge in [0, 0.05) is 6.04 Å². The summed E-state index contributed by atoms with van der Waals surface area (Å²) in [7, 11) is 0. The molecule has 2 heteroatoms. The summed E-state index contributed by atoms with van der Waals surface area (Å²) in [5, 5.41) is 6.94. The van der Waals surface area contributed by atoms with Crippen molar-refractivity contribution in [1.82, 2.24) is 10.6 Å². The van der Waals surface area contributed by atoms with Crippen LogP contribution < -0.4 is 10.6 Å². The molecule has 0 heterocycles. The smallest absolute Gasteiger partial charge is 0.00103 e. The largest absolute Gasteiger partial charge is 0.317 e. The van der Waals surface area contributed by atoms with Crippen LogP contribution in [0.4, 0.5) is 0 Å². The van der Waals surface area contributed by atoms with Crippen molar-refractivity contribution in [2.24, 2.45) is 5.92 Å². The van der Waals surface area contributed by atoms with Crippen LogP contribution in [-0.4, -0.2) is 25.7 Å². The van der Waals surface area contributed by atoms with Gasteiger partial charge in [-0.2, -0.15) is 0 Å². The maximum atomic E-state index is 3.51. The van der Waals surface area contributed by atoms with E-state index in [1.54, 1.807) is 0 Å². The molecule has 2 nitrogen and oxygen atoms in total. The lowest BCUT2D eigenvalue weighted by molar-refractivity contribution is 0.507. The van der Waals surface area contributed by atoms with E-state index in [4.69, 9.17) is 0 Å². The highest BCUT2D eigenvalue weighted by molar-refractivity contribution is 4.55. The van der Waals surface area contributed by atoms with Crippen molar-refractivity contribution in [3.8, 4) is 0 Å². The third-order valence-electron chi connectivity index (χ3n) is 2.72. The topological polar surface area (TPSA) is 24.1 Å². The molecule has 0 bridgehead atoms. The van der Waals surface area contributed by atoms with Gasteiger partial charge in [-0.05, 0) is 38.4 Å². The minimum absolute atomic E-state index is 0.621. The zero-order chi connectivity index (χ0) is 12.2. The first-order valence-electron chi connectivity index (χ1n) is 7.07. The number of hydrogen-bond donors (Lipinski definition) is 2. The van der Waals surface area contributed by atoms with E-state index in [9.17, 15) is 0 Å². The highest BCUT2D eigenvalue weighted by atomic mass is 14.9. The Kier molecular flexibility index (Phi) is 11.3. The summed E-state index contributed by atoms with van der Waals surface area (Å²) in [6.07, 6.45) is 6.75. The lowest BCUT2D eigenvalue weighted by atomic mass is 10.1. The average Bonchev–Trinajstić information content (AvgIpc) is 2.20. The lowest BCUT2D eigenvalue weighted by Crippen LogP contribution is -2.27. The standard InChI is InChI=1S/C14H32N2/c1-13(2)9-6-5-7-10-15-11-8-12-16-14(3)4/h13-16H,5-12H2,1-4H3. The van der Waals surface area contributed by atoms with Crippen molar-refractivity contribution in [2.45, 2.75) is 65.8 Å². The SMILES string of the molecule is CC(C)CCCCCNCCCNC(C)C. The van der Waals surface area contributed by atoms with Gasteiger partial charge in [-0.3, -0.25) is 0 Å². The van der Waals surface area contributed by atoms with E-state index < -0.39 is 0 Å². The summed E-state index contributed by atoms with van der Waals surface area (Å²) in [5.41, 5.74) is 0. The zero-order valence-electron chi connectivity index (χ0n) is 11.8. The van der Waals surface area contributed by atoms with E-state index in [-0.39, 0.29) is 0 Å². The lowest BCUT2D eigenvalue weighted by Gasteiger charge is -2.08. The van der Waals surface area contributed by atoms with E-state index in [0.717, 1.165) is 19.0 Å². The number of nitrogens with one attached hydrogen (secondary N) is 2.